The zero-order valence-corrected chi connectivity index (χ0v) is 11.4. The van der Waals surface area contributed by atoms with E-state index in [1.165, 1.54) is 0 Å². The van der Waals surface area contributed by atoms with E-state index in [0.717, 1.165) is 16.9 Å². The van der Waals surface area contributed by atoms with Crippen molar-refractivity contribution in [2.45, 2.75) is 0 Å². The van der Waals surface area contributed by atoms with Crippen molar-refractivity contribution in [2.75, 3.05) is 26.1 Å². The maximum atomic E-state index is 5.73. The van der Waals surface area contributed by atoms with E-state index < -0.39 is 0 Å². The number of rotatable bonds is 4. The molecule has 0 saturated heterocycles. The molecule has 2 aromatic rings. The number of nitrogen functional groups attached to an aromatic ring is 1. The number of hydrogen-bond acceptors (Lipinski definition) is 3. The van der Waals surface area contributed by atoms with Gasteiger partial charge in [-0.2, -0.15) is 0 Å². The number of nitrogens with two attached hydrogens (primary N) is 1. The van der Waals surface area contributed by atoms with Crippen LogP contribution in [0.3, 0.4) is 0 Å². The standard InChI is InChI=1S/C17H17NO2/c1-19-11-12-20-17-8-3-2-6-15(17)10-9-14-5-4-7-16(18)13-14/h2-8,13H,11-12,18H2,1H3. The van der Waals surface area contributed by atoms with Gasteiger partial charge in [-0.3, -0.25) is 0 Å². The van der Waals surface area contributed by atoms with Crippen molar-refractivity contribution >= 4 is 5.69 Å². The molecule has 0 aliphatic carbocycles. The largest absolute Gasteiger partial charge is 0.490 e. The molecule has 2 aromatic carbocycles. The number of methoxy groups -OCH3 is 1. The maximum absolute atomic E-state index is 5.73. The summed E-state index contributed by atoms with van der Waals surface area (Å²) in [6.45, 7) is 1.06. The Labute approximate surface area is 119 Å². The van der Waals surface area contributed by atoms with E-state index in [-0.39, 0.29) is 0 Å². The van der Waals surface area contributed by atoms with E-state index in [2.05, 4.69) is 11.8 Å². The minimum absolute atomic E-state index is 0.507. The molecule has 0 atom stereocenters. The summed E-state index contributed by atoms with van der Waals surface area (Å²) in [5, 5.41) is 0. The number of para-hydroxylation sites is 1. The molecule has 2 N–H and O–H groups in total. The molecule has 20 heavy (non-hydrogen) atoms. The van der Waals surface area contributed by atoms with E-state index in [0.29, 0.717) is 18.9 Å². The van der Waals surface area contributed by atoms with Crippen LogP contribution in [-0.4, -0.2) is 20.3 Å². The van der Waals surface area contributed by atoms with Crippen LogP contribution in [0.4, 0.5) is 5.69 Å². The molecular weight excluding hydrogens is 250 g/mol. The van der Waals surface area contributed by atoms with Crippen molar-refractivity contribution in [3.63, 3.8) is 0 Å². The topological polar surface area (TPSA) is 44.5 Å². The van der Waals surface area contributed by atoms with Crippen LogP contribution >= 0.6 is 0 Å². The van der Waals surface area contributed by atoms with Crippen molar-refractivity contribution in [2.24, 2.45) is 0 Å². The lowest BCUT2D eigenvalue weighted by molar-refractivity contribution is 0.146. The van der Waals surface area contributed by atoms with Crippen LogP contribution in [0, 0.1) is 11.8 Å². The summed E-state index contributed by atoms with van der Waals surface area (Å²) in [6, 6.07) is 15.2. The maximum Gasteiger partial charge on any atom is 0.135 e. The van der Waals surface area contributed by atoms with Crippen LogP contribution in [0.2, 0.25) is 0 Å². The normalized spacial score (nSPS) is 9.65. The van der Waals surface area contributed by atoms with Gasteiger partial charge in [0.2, 0.25) is 0 Å². The Morgan fingerprint density at radius 1 is 1.00 bits per heavy atom. The molecule has 3 nitrogen and oxygen atoms in total. The van der Waals surface area contributed by atoms with Gasteiger partial charge in [-0.15, -0.1) is 0 Å². The summed E-state index contributed by atoms with van der Waals surface area (Å²) in [5.41, 5.74) is 8.18. The molecule has 0 spiro atoms. The predicted octanol–water partition coefficient (Wildman–Crippen LogP) is 2.69. The van der Waals surface area contributed by atoms with Crippen LogP contribution in [0.15, 0.2) is 48.5 Å². The van der Waals surface area contributed by atoms with E-state index >= 15 is 0 Å². The van der Waals surface area contributed by atoms with Gasteiger partial charge in [0.1, 0.15) is 12.4 Å². The number of anilines is 1. The Hall–Kier alpha value is -2.44. The van der Waals surface area contributed by atoms with Crippen molar-refractivity contribution in [3.8, 4) is 17.6 Å². The van der Waals surface area contributed by atoms with Crippen LogP contribution in [0.25, 0.3) is 0 Å². The fourth-order valence-corrected chi connectivity index (χ4v) is 1.69. The third-order valence-corrected chi connectivity index (χ3v) is 2.66. The molecule has 0 heterocycles. The van der Waals surface area contributed by atoms with Crippen molar-refractivity contribution in [1.29, 1.82) is 0 Å². The molecule has 0 fully saturated rings. The van der Waals surface area contributed by atoms with E-state index in [4.69, 9.17) is 15.2 Å². The molecular formula is C17H17NO2. The van der Waals surface area contributed by atoms with Gasteiger partial charge in [0, 0.05) is 18.4 Å². The molecule has 0 radical (unpaired) electrons. The molecule has 0 saturated carbocycles. The second kappa shape index (κ2) is 7.22. The number of ether oxygens (including phenoxy) is 2. The minimum atomic E-state index is 0.507. The summed E-state index contributed by atoms with van der Waals surface area (Å²) in [4.78, 5) is 0. The third kappa shape index (κ3) is 4.04. The molecule has 2 rings (SSSR count). The lowest BCUT2D eigenvalue weighted by atomic mass is 10.1. The molecule has 0 bridgehead atoms. The quantitative estimate of drug-likeness (QED) is 0.526. The monoisotopic (exact) mass is 267 g/mol. The Balaban J connectivity index is 2.17. The smallest absolute Gasteiger partial charge is 0.135 e. The van der Waals surface area contributed by atoms with Gasteiger partial charge in [0.15, 0.2) is 0 Å². The van der Waals surface area contributed by atoms with E-state index in [9.17, 15) is 0 Å². The minimum Gasteiger partial charge on any atom is -0.490 e. The third-order valence-electron chi connectivity index (χ3n) is 2.66. The van der Waals surface area contributed by atoms with Crippen LogP contribution in [-0.2, 0) is 4.74 Å². The molecule has 0 aliphatic rings. The van der Waals surface area contributed by atoms with Gasteiger partial charge in [0.05, 0.1) is 12.2 Å². The fourth-order valence-electron chi connectivity index (χ4n) is 1.69. The van der Waals surface area contributed by atoms with Gasteiger partial charge in [-0.1, -0.05) is 30.0 Å². The number of benzene rings is 2. The first kappa shape index (κ1) is 14.0. The highest BCUT2D eigenvalue weighted by Crippen LogP contribution is 2.17. The predicted molar refractivity (Wildman–Crippen MR) is 80.6 cm³/mol. The average Bonchev–Trinajstić information content (AvgIpc) is 2.47. The molecule has 0 aliphatic heterocycles. The second-order valence-electron chi connectivity index (χ2n) is 4.21. The van der Waals surface area contributed by atoms with Gasteiger partial charge in [-0.05, 0) is 30.3 Å². The summed E-state index contributed by atoms with van der Waals surface area (Å²) in [6.07, 6.45) is 0. The average molecular weight is 267 g/mol. The van der Waals surface area contributed by atoms with E-state index in [1.54, 1.807) is 7.11 Å². The first-order valence-corrected chi connectivity index (χ1v) is 6.38. The molecule has 0 aromatic heterocycles. The van der Waals surface area contributed by atoms with Crippen LogP contribution in [0.5, 0.6) is 5.75 Å². The summed E-state index contributed by atoms with van der Waals surface area (Å²) < 4.78 is 10.6. The number of hydrogen-bond donors (Lipinski definition) is 1. The van der Waals surface area contributed by atoms with Crippen molar-refractivity contribution < 1.29 is 9.47 Å². The highest BCUT2D eigenvalue weighted by atomic mass is 16.5. The van der Waals surface area contributed by atoms with Crippen LogP contribution < -0.4 is 10.5 Å². The lowest BCUT2D eigenvalue weighted by Crippen LogP contribution is -2.05. The first-order valence-electron chi connectivity index (χ1n) is 6.38. The van der Waals surface area contributed by atoms with Crippen LogP contribution in [0.1, 0.15) is 11.1 Å². The van der Waals surface area contributed by atoms with E-state index in [1.807, 2.05) is 48.5 Å². The van der Waals surface area contributed by atoms with Gasteiger partial charge < -0.3 is 15.2 Å². The van der Waals surface area contributed by atoms with Gasteiger partial charge >= 0.3 is 0 Å². The fraction of sp³-hybridized carbons (Fsp3) is 0.176. The lowest BCUT2D eigenvalue weighted by Gasteiger charge is -2.07. The van der Waals surface area contributed by atoms with Crippen molar-refractivity contribution in [1.82, 2.24) is 0 Å². The summed E-state index contributed by atoms with van der Waals surface area (Å²) >= 11 is 0. The zero-order valence-electron chi connectivity index (χ0n) is 11.4. The molecule has 0 amide bonds. The second-order valence-corrected chi connectivity index (χ2v) is 4.21. The van der Waals surface area contributed by atoms with Gasteiger partial charge in [0.25, 0.3) is 0 Å². The molecule has 0 unspecified atom stereocenters. The van der Waals surface area contributed by atoms with Crippen molar-refractivity contribution in [3.05, 3.63) is 59.7 Å². The summed E-state index contributed by atoms with van der Waals surface area (Å²) in [7, 11) is 1.65. The summed E-state index contributed by atoms with van der Waals surface area (Å²) in [5.74, 6) is 6.97. The highest BCUT2D eigenvalue weighted by Gasteiger charge is 1.99. The zero-order chi connectivity index (χ0) is 14.2. The molecule has 102 valence electrons. The Kier molecular flexibility index (Phi) is 5.05. The first-order chi connectivity index (χ1) is 9.79. The Morgan fingerprint density at radius 3 is 2.65 bits per heavy atom. The highest BCUT2D eigenvalue weighted by molar-refractivity contribution is 5.52. The molecule has 3 heteroatoms. The Morgan fingerprint density at radius 2 is 1.85 bits per heavy atom. The van der Waals surface area contributed by atoms with Gasteiger partial charge in [-0.25, -0.2) is 0 Å². The SMILES string of the molecule is COCCOc1ccccc1C#Cc1cccc(N)c1. The Bertz CT molecular complexity index is 626.